The van der Waals surface area contributed by atoms with Gasteiger partial charge in [0.1, 0.15) is 5.75 Å². The van der Waals surface area contributed by atoms with Gasteiger partial charge in [0.2, 0.25) is 6.79 Å². The van der Waals surface area contributed by atoms with Crippen LogP contribution in [0.3, 0.4) is 0 Å². The number of rotatable bonds is 6. The number of pyridine rings is 1. The Labute approximate surface area is 221 Å². The van der Waals surface area contributed by atoms with Gasteiger partial charge in [0, 0.05) is 35.9 Å². The molecule has 1 saturated heterocycles. The molecule has 0 spiro atoms. The number of nitrogens with zero attached hydrogens (tertiary/aromatic N) is 3. The molecule has 2 aromatic carbocycles. The minimum Gasteiger partial charge on any atom is -0.497 e. The number of thiocarbonyl (C=S) groups is 1. The van der Waals surface area contributed by atoms with Crippen molar-refractivity contribution in [1.29, 1.82) is 0 Å². The van der Waals surface area contributed by atoms with Gasteiger partial charge in [-0.1, -0.05) is 18.2 Å². The summed E-state index contributed by atoms with van der Waals surface area (Å²) >= 11 is 5.90. The van der Waals surface area contributed by atoms with Crippen LogP contribution in [-0.4, -0.2) is 33.5 Å². The molecule has 2 aliphatic rings. The van der Waals surface area contributed by atoms with Gasteiger partial charge in [-0.05, 0) is 79.7 Å². The third-order valence-electron chi connectivity index (χ3n) is 7.11. The number of methoxy groups -OCH3 is 1. The summed E-state index contributed by atoms with van der Waals surface area (Å²) in [7, 11) is 1.68. The summed E-state index contributed by atoms with van der Waals surface area (Å²) in [6.07, 6.45) is 1.83. The van der Waals surface area contributed by atoms with E-state index in [2.05, 4.69) is 63.9 Å². The van der Waals surface area contributed by atoms with Gasteiger partial charge in [0.15, 0.2) is 16.6 Å². The van der Waals surface area contributed by atoms with Crippen molar-refractivity contribution in [2.24, 2.45) is 0 Å². The molecule has 2 aromatic heterocycles. The summed E-state index contributed by atoms with van der Waals surface area (Å²) in [5.41, 5.74) is 6.63. The Bertz CT molecular complexity index is 1450. The number of fused-ring (bicyclic) bond motifs is 1. The number of hydrogen-bond acceptors (Lipinski definition) is 5. The standard InChI is InChI=1S/C29H28N4O3S/c1-18-14-23(19(2)33(18)21-9-12-25-26(15-21)36-17-35-25)28-27(24-6-4-5-13-30-24)31-29(37)32(28)16-20-7-10-22(34-3)11-8-20/h4-15,27-28H,16-17H2,1-3H3,(H,31,37)/t27-,28-/m1/s1. The van der Waals surface area contributed by atoms with Gasteiger partial charge in [0.25, 0.3) is 0 Å². The van der Waals surface area contributed by atoms with Crippen molar-refractivity contribution in [1.82, 2.24) is 19.8 Å². The van der Waals surface area contributed by atoms with Crippen molar-refractivity contribution in [2.75, 3.05) is 13.9 Å². The summed E-state index contributed by atoms with van der Waals surface area (Å²) in [5, 5.41) is 4.28. The normalized spacial score (nSPS) is 18.2. The molecule has 0 saturated carbocycles. The first kappa shape index (κ1) is 23.4. The van der Waals surface area contributed by atoms with E-state index in [0.29, 0.717) is 11.7 Å². The molecule has 1 N–H and O–H groups in total. The van der Waals surface area contributed by atoms with Crippen LogP contribution in [0.4, 0.5) is 0 Å². The van der Waals surface area contributed by atoms with E-state index in [9.17, 15) is 0 Å². The Morgan fingerprint density at radius 1 is 1.03 bits per heavy atom. The number of hydrogen-bond donors (Lipinski definition) is 1. The van der Waals surface area contributed by atoms with Gasteiger partial charge in [-0.25, -0.2) is 0 Å². The number of aromatic nitrogens is 2. The zero-order valence-corrected chi connectivity index (χ0v) is 21.8. The molecule has 6 rings (SSSR count). The Morgan fingerprint density at radius 2 is 1.84 bits per heavy atom. The lowest BCUT2D eigenvalue weighted by atomic mass is 9.96. The fourth-order valence-corrected chi connectivity index (χ4v) is 5.66. The maximum atomic E-state index is 5.90. The Morgan fingerprint density at radius 3 is 2.59 bits per heavy atom. The van der Waals surface area contributed by atoms with Crippen LogP contribution in [0.5, 0.6) is 17.2 Å². The molecule has 0 aliphatic carbocycles. The summed E-state index contributed by atoms with van der Waals surface area (Å²) in [4.78, 5) is 6.96. The van der Waals surface area contributed by atoms with Crippen LogP contribution < -0.4 is 19.5 Å². The Balaban J connectivity index is 1.43. The van der Waals surface area contributed by atoms with E-state index >= 15 is 0 Å². The molecule has 0 bridgehead atoms. The first-order valence-corrected chi connectivity index (χ1v) is 12.6. The van der Waals surface area contributed by atoms with Gasteiger partial charge in [0.05, 0.1) is 24.9 Å². The van der Waals surface area contributed by atoms with Crippen LogP contribution in [0, 0.1) is 13.8 Å². The van der Waals surface area contributed by atoms with Crippen LogP contribution >= 0.6 is 12.2 Å². The van der Waals surface area contributed by atoms with Crippen molar-refractivity contribution < 1.29 is 14.2 Å². The molecule has 4 heterocycles. The summed E-state index contributed by atoms with van der Waals surface area (Å²) in [6, 6.07) is 22.4. The first-order chi connectivity index (χ1) is 18.0. The molecular weight excluding hydrogens is 484 g/mol. The summed E-state index contributed by atoms with van der Waals surface area (Å²) < 4.78 is 18.8. The molecular formula is C29H28N4O3S. The van der Waals surface area contributed by atoms with Crippen molar-refractivity contribution >= 4 is 17.3 Å². The van der Waals surface area contributed by atoms with Crippen molar-refractivity contribution in [2.45, 2.75) is 32.5 Å². The monoisotopic (exact) mass is 512 g/mol. The lowest BCUT2D eigenvalue weighted by Crippen LogP contribution is -2.29. The Kier molecular flexibility index (Phi) is 5.96. The highest BCUT2D eigenvalue weighted by atomic mass is 32.1. The molecule has 4 aromatic rings. The van der Waals surface area contributed by atoms with Gasteiger partial charge in [-0.3, -0.25) is 4.98 Å². The van der Waals surface area contributed by atoms with E-state index in [1.54, 1.807) is 7.11 Å². The highest BCUT2D eigenvalue weighted by molar-refractivity contribution is 7.80. The lowest BCUT2D eigenvalue weighted by Gasteiger charge is -2.28. The smallest absolute Gasteiger partial charge is 0.231 e. The van der Waals surface area contributed by atoms with Gasteiger partial charge >= 0.3 is 0 Å². The van der Waals surface area contributed by atoms with Crippen molar-refractivity contribution in [3.05, 3.63) is 101 Å². The zero-order chi connectivity index (χ0) is 25.5. The van der Waals surface area contributed by atoms with Crippen LogP contribution in [0.25, 0.3) is 5.69 Å². The summed E-state index contributed by atoms with van der Waals surface area (Å²) in [6.45, 7) is 5.21. The number of nitrogens with one attached hydrogen (secondary N) is 1. The maximum Gasteiger partial charge on any atom is 0.231 e. The molecule has 7 nitrogen and oxygen atoms in total. The van der Waals surface area contributed by atoms with E-state index in [-0.39, 0.29) is 18.9 Å². The molecule has 188 valence electrons. The second kappa shape index (κ2) is 9.44. The third kappa shape index (κ3) is 4.17. The fourth-order valence-electron chi connectivity index (χ4n) is 5.35. The quantitative estimate of drug-likeness (QED) is 0.347. The van der Waals surface area contributed by atoms with Gasteiger partial charge < -0.3 is 29.0 Å². The zero-order valence-electron chi connectivity index (χ0n) is 21.0. The van der Waals surface area contributed by atoms with Crippen LogP contribution in [0.1, 0.15) is 40.3 Å². The fraction of sp³-hybridized carbons (Fsp3) is 0.241. The second-order valence-corrected chi connectivity index (χ2v) is 9.69. The first-order valence-electron chi connectivity index (χ1n) is 12.2. The highest BCUT2D eigenvalue weighted by Crippen LogP contribution is 2.43. The average Bonchev–Trinajstić information content (AvgIpc) is 3.60. The van der Waals surface area contributed by atoms with Crippen LogP contribution in [0.15, 0.2) is 72.9 Å². The van der Waals surface area contributed by atoms with Crippen LogP contribution in [-0.2, 0) is 6.54 Å². The molecule has 0 radical (unpaired) electrons. The second-order valence-electron chi connectivity index (χ2n) is 9.30. The van der Waals surface area contributed by atoms with Crippen molar-refractivity contribution in [3.8, 4) is 22.9 Å². The van der Waals surface area contributed by atoms with Gasteiger partial charge in [-0.15, -0.1) is 0 Å². The average molecular weight is 513 g/mol. The van der Waals surface area contributed by atoms with Crippen LogP contribution in [0.2, 0.25) is 0 Å². The maximum absolute atomic E-state index is 5.90. The number of benzene rings is 2. The molecule has 0 unspecified atom stereocenters. The molecule has 2 aliphatic heterocycles. The lowest BCUT2D eigenvalue weighted by molar-refractivity contribution is 0.174. The predicted molar refractivity (Wildman–Crippen MR) is 145 cm³/mol. The summed E-state index contributed by atoms with van der Waals surface area (Å²) in [5.74, 6) is 2.38. The number of ether oxygens (including phenoxy) is 3. The molecule has 0 amide bonds. The van der Waals surface area contributed by atoms with E-state index in [0.717, 1.165) is 45.6 Å². The molecule has 37 heavy (non-hydrogen) atoms. The van der Waals surface area contributed by atoms with E-state index in [4.69, 9.17) is 26.4 Å². The molecule has 2 atom stereocenters. The van der Waals surface area contributed by atoms with Crippen molar-refractivity contribution in [3.63, 3.8) is 0 Å². The third-order valence-corrected chi connectivity index (χ3v) is 7.47. The van der Waals surface area contributed by atoms with E-state index in [1.807, 2.05) is 42.6 Å². The van der Waals surface area contributed by atoms with E-state index in [1.165, 1.54) is 5.56 Å². The molecule has 8 heteroatoms. The Hall–Kier alpha value is -4.04. The molecule has 1 fully saturated rings. The number of aryl methyl sites for hydroxylation is 1. The van der Waals surface area contributed by atoms with Gasteiger partial charge in [-0.2, -0.15) is 0 Å². The minimum absolute atomic E-state index is 0.0431. The van der Waals surface area contributed by atoms with E-state index < -0.39 is 0 Å². The SMILES string of the molecule is COc1ccc(CN2C(=S)N[C@H](c3ccccn3)[C@H]2c2cc(C)n(-c3ccc4c(c3)OCO4)c2C)cc1. The predicted octanol–water partition coefficient (Wildman–Crippen LogP) is 5.40. The highest BCUT2D eigenvalue weighted by Gasteiger charge is 2.41. The largest absolute Gasteiger partial charge is 0.497 e. The minimum atomic E-state index is -0.0855. The topological polar surface area (TPSA) is 60.8 Å².